The van der Waals surface area contributed by atoms with Crippen LogP contribution in [0.25, 0.3) is 0 Å². The molecule has 0 aliphatic heterocycles. The van der Waals surface area contributed by atoms with Crippen LogP contribution < -0.4 is 20.7 Å². The molecule has 0 atom stereocenters. The molecule has 2 aromatic rings. The first kappa shape index (κ1) is 20.8. The minimum absolute atomic E-state index is 0.163. The SMILES string of the molecule is CCNC(=O)CNC(=O)COC(=O)COc1ccc(Nc2ccccc2)cc1. The highest BCUT2D eigenvalue weighted by atomic mass is 16.6. The van der Waals surface area contributed by atoms with E-state index in [1.54, 1.807) is 19.1 Å². The molecule has 0 fully saturated rings. The van der Waals surface area contributed by atoms with Gasteiger partial charge in [0.25, 0.3) is 5.91 Å². The van der Waals surface area contributed by atoms with Crippen molar-refractivity contribution in [3.05, 3.63) is 54.6 Å². The number of ether oxygens (including phenoxy) is 2. The summed E-state index contributed by atoms with van der Waals surface area (Å²) in [5.74, 6) is -1.05. The van der Waals surface area contributed by atoms with Crippen LogP contribution in [0.1, 0.15) is 6.92 Å². The fourth-order valence-electron chi connectivity index (χ4n) is 2.14. The third-order valence-electron chi connectivity index (χ3n) is 3.46. The van der Waals surface area contributed by atoms with Gasteiger partial charge in [0.15, 0.2) is 13.2 Å². The lowest BCUT2D eigenvalue weighted by molar-refractivity contribution is -0.150. The minimum Gasteiger partial charge on any atom is -0.482 e. The van der Waals surface area contributed by atoms with Gasteiger partial charge in [-0.2, -0.15) is 0 Å². The van der Waals surface area contributed by atoms with Gasteiger partial charge in [0.05, 0.1) is 6.54 Å². The number of likely N-dealkylation sites (N-methyl/N-ethyl adjacent to an activating group) is 1. The molecule has 0 spiro atoms. The lowest BCUT2D eigenvalue weighted by atomic mass is 10.2. The maximum absolute atomic E-state index is 11.7. The summed E-state index contributed by atoms with van der Waals surface area (Å²) in [6.07, 6.45) is 0. The molecule has 28 heavy (non-hydrogen) atoms. The summed E-state index contributed by atoms with van der Waals surface area (Å²) in [5.41, 5.74) is 1.84. The Labute approximate surface area is 163 Å². The molecule has 0 aromatic heterocycles. The largest absolute Gasteiger partial charge is 0.482 e. The molecule has 0 radical (unpaired) electrons. The monoisotopic (exact) mass is 385 g/mol. The zero-order valence-corrected chi connectivity index (χ0v) is 15.6. The highest BCUT2D eigenvalue weighted by Gasteiger charge is 2.09. The van der Waals surface area contributed by atoms with E-state index < -0.39 is 18.5 Å². The molecule has 2 rings (SSSR count). The lowest BCUT2D eigenvalue weighted by Gasteiger charge is -2.09. The van der Waals surface area contributed by atoms with E-state index in [0.29, 0.717) is 12.3 Å². The van der Waals surface area contributed by atoms with Crippen LogP contribution in [-0.2, 0) is 19.1 Å². The molecular weight excluding hydrogens is 362 g/mol. The van der Waals surface area contributed by atoms with Crippen molar-refractivity contribution in [2.45, 2.75) is 6.92 Å². The van der Waals surface area contributed by atoms with E-state index in [1.165, 1.54) is 0 Å². The van der Waals surface area contributed by atoms with Gasteiger partial charge in [-0.05, 0) is 43.3 Å². The summed E-state index contributed by atoms with van der Waals surface area (Å²) < 4.78 is 10.1. The van der Waals surface area contributed by atoms with Gasteiger partial charge in [-0.25, -0.2) is 4.79 Å². The molecular formula is C20H23N3O5. The smallest absolute Gasteiger partial charge is 0.344 e. The maximum atomic E-state index is 11.7. The van der Waals surface area contributed by atoms with Crippen molar-refractivity contribution in [3.63, 3.8) is 0 Å². The third kappa shape index (κ3) is 7.77. The molecule has 2 amide bonds. The van der Waals surface area contributed by atoms with Crippen LogP contribution >= 0.6 is 0 Å². The van der Waals surface area contributed by atoms with E-state index in [-0.39, 0.29) is 19.1 Å². The molecule has 0 aliphatic rings. The third-order valence-corrected chi connectivity index (χ3v) is 3.46. The van der Waals surface area contributed by atoms with E-state index in [9.17, 15) is 14.4 Å². The van der Waals surface area contributed by atoms with E-state index >= 15 is 0 Å². The zero-order valence-electron chi connectivity index (χ0n) is 15.6. The number of anilines is 2. The quantitative estimate of drug-likeness (QED) is 0.537. The van der Waals surface area contributed by atoms with Crippen LogP contribution in [0.15, 0.2) is 54.6 Å². The van der Waals surface area contributed by atoms with E-state index in [4.69, 9.17) is 9.47 Å². The Morgan fingerprint density at radius 3 is 2.18 bits per heavy atom. The Kier molecular flexibility index (Phi) is 8.32. The van der Waals surface area contributed by atoms with Gasteiger partial charge in [-0.1, -0.05) is 18.2 Å². The standard InChI is InChI=1S/C20H23N3O5/c1-2-21-18(24)12-22-19(25)13-28-20(26)14-27-17-10-8-16(9-11-17)23-15-6-4-3-5-7-15/h3-11,23H,2,12-14H2,1H3,(H,21,24)(H,22,25). The van der Waals surface area contributed by atoms with Crippen molar-refractivity contribution in [1.29, 1.82) is 0 Å². The number of rotatable bonds is 10. The van der Waals surface area contributed by atoms with Crippen molar-refractivity contribution in [1.82, 2.24) is 10.6 Å². The van der Waals surface area contributed by atoms with Crippen molar-refractivity contribution in [2.24, 2.45) is 0 Å². The molecule has 0 bridgehead atoms. The molecule has 0 saturated heterocycles. The number of amides is 2. The second kappa shape index (κ2) is 11.2. The van der Waals surface area contributed by atoms with Crippen molar-refractivity contribution in [2.75, 3.05) is 31.6 Å². The second-order valence-electron chi connectivity index (χ2n) is 5.69. The van der Waals surface area contributed by atoms with Crippen LogP contribution in [0.4, 0.5) is 11.4 Å². The molecule has 148 valence electrons. The molecule has 2 aromatic carbocycles. The first-order valence-corrected chi connectivity index (χ1v) is 8.80. The summed E-state index contributed by atoms with van der Waals surface area (Å²) >= 11 is 0. The number of esters is 1. The summed E-state index contributed by atoms with van der Waals surface area (Å²) in [6, 6.07) is 16.8. The van der Waals surface area contributed by atoms with Crippen LogP contribution in [-0.4, -0.2) is 44.1 Å². The second-order valence-corrected chi connectivity index (χ2v) is 5.69. The highest BCUT2D eigenvalue weighted by Crippen LogP contribution is 2.19. The predicted molar refractivity (Wildman–Crippen MR) is 104 cm³/mol. The van der Waals surface area contributed by atoms with Gasteiger partial charge >= 0.3 is 5.97 Å². The summed E-state index contributed by atoms with van der Waals surface area (Å²) in [6.45, 7) is 1.29. The van der Waals surface area contributed by atoms with Crippen molar-refractivity contribution >= 4 is 29.2 Å². The molecule has 0 saturated carbocycles. The van der Waals surface area contributed by atoms with Crippen molar-refractivity contribution < 1.29 is 23.9 Å². The van der Waals surface area contributed by atoms with Crippen LogP contribution in [0.3, 0.4) is 0 Å². The molecule has 0 aliphatic carbocycles. The number of hydrogen-bond acceptors (Lipinski definition) is 6. The van der Waals surface area contributed by atoms with E-state index in [0.717, 1.165) is 11.4 Å². The topological polar surface area (TPSA) is 106 Å². The highest BCUT2D eigenvalue weighted by molar-refractivity contribution is 5.86. The number of para-hydroxylation sites is 1. The Morgan fingerprint density at radius 1 is 0.821 bits per heavy atom. The van der Waals surface area contributed by atoms with Gasteiger partial charge in [0.2, 0.25) is 5.91 Å². The Morgan fingerprint density at radius 2 is 1.50 bits per heavy atom. The minimum atomic E-state index is -0.681. The van der Waals surface area contributed by atoms with Gasteiger partial charge in [-0.15, -0.1) is 0 Å². The van der Waals surface area contributed by atoms with Gasteiger partial charge in [0, 0.05) is 17.9 Å². The number of benzene rings is 2. The molecule has 8 heteroatoms. The molecule has 0 heterocycles. The number of hydrogen-bond donors (Lipinski definition) is 3. The molecule has 0 unspecified atom stereocenters. The summed E-state index contributed by atoms with van der Waals surface area (Å²) in [4.78, 5) is 34.4. The number of carbonyl (C=O) groups excluding carboxylic acids is 3. The first-order valence-electron chi connectivity index (χ1n) is 8.80. The van der Waals surface area contributed by atoms with Gasteiger partial charge in [-0.3, -0.25) is 9.59 Å². The van der Waals surface area contributed by atoms with Crippen molar-refractivity contribution in [3.8, 4) is 5.75 Å². The normalized spacial score (nSPS) is 9.89. The number of nitrogens with one attached hydrogen (secondary N) is 3. The maximum Gasteiger partial charge on any atom is 0.344 e. The van der Waals surface area contributed by atoms with E-state index in [2.05, 4.69) is 16.0 Å². The van der Waals surface area contributed by atoms with E-state index in [1.807, 2.05) is 42.5 Å². The summed E-state index contributed by atoms with van der Waals surface area (Å²) in [7, 11) is 0. The first-order chi connectivity index (χ1) is 13.6. The fourth-order valence-corrected chi connectivity index (χ4v) is 2.14. The zero-order chi connectivity index (χ0) is 20.2. The Balaban J connectivity index is 1.66. The lowest BCUT2D eigenvalue weighted by Crippen LogP contribution is -2.38. The van der Waals surface area contributed by atoms with Crippen LogP contribution in [0.2, 0.25) is 0 Å². The predicted octanol–water partition coefficient (Wildman–Crippen LogP) is 1.60. The van der Waals surface area contributed by atoms with Crippen LogP contribution in [0.5, 0.6) is 5.75 Å². The molecule has 8 nitrogen and oxygen atoms in total. The fraction of sp³-hybridized carbons (Fsp3) is 0.250. The summed E-state index contributed by atoms with van der Waals surface area (Å²) in [5, 5.41) is 8.12. The Bertz CT molecular complexity index is 778. The van der Waals surface area contributed by atoms with Gasteiger partial charge in [0.1, 0.15) is 5.75 Å². The molecule has 3 N–H and O–H groups in total. The van der Waals surface area contributed by atoms with Crippen LogP contribution in [0, 0.1) is 0 Å². The van der Waals surface area contributed by atoms with Gasteiger partial charge < -0.3 is 25.4 Å². The Hall–Kier alpha value is -3.55. The average Bonchev–Trinajstić information content (AvgIpc) is 2.71. The average molecular weight is 385 g/mol. The number of carbonyl (C=O) groups is 3.